The second kappa shape index (κ2) is 12.0. The number of amides is 1. The molecule has 0 bridgehead atoms. The number of methoxy groups -OCH3 is 1. The molecule has 144 valence electrons. The molecule has 8 heteroatoms. The van der Waals surface area contributed by atoms with Crippen molar-refractivity contribution in [1.82, 2.24) is 5.32 Å². The van der Waals surface area contributed by atoms with Crippen molar-refractivity contribution in [2.75, 3.05) is 33.7 Å². The first kappa shape index (κ1) is 21.6. The van der Waals surface area contributed by atoms with Gasteiger partial charge in [0.05, 0.1) is 13.2 Å². The summed E-state index contributed by atoms with van der Waals surface area (Å²) in [6.07, 6.45) is 0.968. The van der Waals surface area contributed by atoms with E-state index < -0.39 is 17.8 Å². The zero-order valence-electron chi connectivity index (χ0n) is 14.6. The Morgan fingerprint density at radius 2 is 1.96 bits per heavy atom. The van der Waals surface area contributed by atoms with E-state index in [0.717, 1.165) is 11.6 Å². The molecule has 1 aromatic rings. The second-order valence-electron chi connectivity index (χ2n) is 5.05. The second-order valence-corrected chi connectivity index (χ2v) is 5.05. The van der Waals surface area contributed by atoms with Gasteiger partial charge in [-0.15, -0.1) is 0 Å². The number of rotatable bonds is 12. The highest BCUT2D eigenvalue weighted by molar-refractivity contribution is 5.67. The Balaban J connectivity index is 2.23. The summed E-state index contributed by atoms with van der Waals surface area (Å²) in [4.78, 5) is 11.5. The first-order chi connectivity index (χ1) is 12.5. The largest absolute Gasteiger partial charge is 0.466 e. The van der Waals surface area contributed by atoms with Gasteiger partial charge < -0.3 is 24.3 Å². The van der Waals surface area contributed by atoms with Crippen LogP contribution >= 0.6 is 0 Å². The van der Waals surface area contributed by atoms with E-state index in [2.05, 4.69) is 11.9 Å². The van der Waals surface area contributed by atoms with E-state index in [1.807, 2.05) is 18.2 Å². The van der Waals surface area contributed by atoms with Crippen molar-refractivity contribution in [3.8, 4) is 0 Å². The van der Waals surface area contributed by atoms with Gasteiger partial charge in [-0.05, 0) is 11.6 Å². The molecule has 6 nitrogen and oxygen atoms in total. The molecule has 1 rings (SSSR count). The first-order valence-corrected chi connectivity index (χ1v) is 7.84. The SMILES string of the molecule is C=C(OCOCCOC)C(F)(F)/C=C/CNC(=O)OCc1ccccc1. The number of alkyl carbamates (subject to hydrolysis) is 1. The smallest absolute Gasteiger partial charge is 0.407 e. The van der Waals surface area contributed by atoms with E-state index in [4.69, 9.17) is 18.9 Å². The third kappa shape index (κ3) is 9.14. The highest BCUT2D eigenvalue weighted by Crippen LogP contribution is 2.25. The zero-order chi connectivity index (χ0) is 19.3. The molecule has 0 atom stereocenters. The Kier molecular flexibility index (Phi) is 9.96. The van der Waals surface area contributed by atoms with E-state index >= 15 is 0 Å². The highest BCUT2D eigenvalue weighted by Gasteiger charge is 2.31. The van der Waals surface area contributed by atoms with Crippen LogP contribution in [0, 0.1) is 0 Å². The van der Waals surface area contributed by atoms with E-state index in [1.54, 1.807) is 12.1 Å². The maximum absolute atomic E-state index is 13.8. The molecular weight excluding hydrogens is 348 g/mol. The molecule has 0 spiro atoms. The molecule has 1 N–H and O–H groups in total. The minimum atomic E-state index is -3.39. The van der Waals surface area contributed by atoms with Gasteiger partial charge in [0.25, 0.3) is 0 Å². The summed E-state index contributed by atoms with van der Waals surface area (Å²) in [5.74, 6) is -4.14. The van der Waals surface area contributed by atoms with Crippen LogP contribution in [0.3, 0.4) is 0 Å². The van der Waals surface area contributed by atoms with Gasteiger partial charge in [0, 0.05) is 13.7 Å². The number of ether oxygens (including phenoxy) is 4. The predicted molar refractivity (Wildman–Crippen MR) is 91.6 cm³/mol. The minimum Gasteiger partial charge on any atom is -0.466 e. The van der Waals surface area contributed by atoms with Crippen LogP contribution in [-0.4, -0.2) is 45.7 Å². The fourth-order valence-corrected chi connectivity index (χ4v) is 1.63. The fourth-order valence-electron chi connectivity index (χ4n) is 1.63. The molecule has 1 amide bonds. The number of nitrogens with one attached hydrogen (secondary N) is 1. The maximum Gasteiger partial charge on any atom is 0.407 e. The third-order valence-corrected chi connectivity index (χ3v) is 3.02. The van der Waals surface area contributed by atoms with Crippen molar-refractivity contribution in [1.29, 1.82) is 0 Å². The van der Waals surface area contributed by atoms with Gasteiger partial charge in [-0.2, -0.15) is 8.78 Å². The van der Waals surface area contributed by atoms with Crippen molar-refractivity contribution < 1.29 is 32.5 Å². The summed E-state index contributed by atoms with van der Waals surface area (Å²) in [5, 5.41) is 2.34. The number of alkyl halides is 2. The summed E-state index contributed by atoms with van der Waals surface area (Å²) >= 11 is 0. The van der Waals surface area contributed by atoms with Gasteiger partial charge in [-0.1, -0.05) is 43.0 Å². The summed E-state index contributed by atoms with van der Waals surface area (Å²) in [6.45, 7) is 3.35. The van der Waals surface area contributed by atoms with Crippen LogP contribution in [0.2, 0.25) is 0 Å². The number of hydrogen-bond donors (Lipinski definition) is 1. The molecule has 26 heavy (non-hydrogen) atoms. The molecule has 0 saturated heterocycles. The number of benzene rings is 1. The molecule has 0 aliphatic heterocycles. The average molecular weight is 371 g/mol. The Hall–Kier alpha value is -2.45. The summed E-state index contributed by atoms with van der Waals surface area (Å²) in [7, 11) is 1.49. The van der Waals surface area contributed by atoms with Crippen molar-refractivity contribution in [3.05, 3.63) is 60.4 Å². The monoisotopic (exact) mass is 371 g/mol. The molecule has 1 aromatic carbocycles. The van der Waals surface area contributed by atoms with Crippen molar-refractivity contribution in [3.63, 3.8) is 0 Å². The zero-order valence-corrected chi connectivity index (χ0v) is 14.6. The molecule has 0 unspecified atom stereocenters. The molecule has 0 radical (unpaired) electrons. The lowest BCUT2D eigenvalue weighted by atomic mass is 10.2. The standard InChI is InChI=1S/C18H23F2NO5/c1-15(26-14-24-12-11-23-2)18(19,20)9-6-10-21-17(22)25-13-16-7-4-3-5-8-16/h3-9H,1,10-14H2,2H3,(H,21,22)/b9-6+. The number of hydrogen-bond acceptors (Lipinski definition) is 5. The quantitative estimate of drug-likeness (QED) is 0.264. The maximum atomic E-state index is 13.8. The summed E-state index contributed by atoms with van der Waals surface area (Å²) in [6, 6.07) is 9.09. The van der Waals surface area contributed by atoms with Gasteiger partial charge in [-0.3, -0.25) is 0 Å². The van der Waals surface area contributed by atoms with Crippen LogP contribution in [-0.2, 0) is 25.6 Å². The summed E-state index contributed by atoms with van der Waals surface area (Å²) < 4.78 is 46.8. The van der Waals surface area contributed by atoms with E-state index in [-0.39, 0.29) is 26.6 Å². The normalized spacial score (nSPS) is 11.3. The molecule has 0 aliphatic rings. The fraction of sp³-hybridized carbons (Fsp3) is 0.389. The molecule has 0 saturated carbocycles. The third-order valence-electron chi connectivity index (χ3n) is 3.02. The highest BCUT2D eigenvalue weighted by atomic mass is 19.3. The molecule has 0 fully saturated rings. The lowest BCUT2D eigenvalue weighted by molar-refractivity contribution is -0.0734. The summed E-state index contributed by atoms with van der Waals surface area (Å²) in [5.41, 5.74) is 0.825. The predicted octanol–water partition coefficient (Wildman–Crippen LogP) is 3.26. The van der Waals surface area contributed by atoms with Crippen LogP contribution in [0.4, 0.5) is 13.6 Å². The lowest BCUT2D eigenvalue weighted by Crippen LogP contribution is -2.25. The Bertz CT molecular complexity index is 578. The van der Waals surface area contributed by atoms with E-state index in [9.17, 15) is 13.6 Å². The van der Waals surface area contributed by atoms with Crippen LogP contribution in [0.25, 0.3) is 0 Å². The first-order valence-electron chi connectivity index (χ1n) is 7.84. The number of carbonyl (C=O) groups is 1. The lowest BCUT2D eigenvalue weighted by Gasteiger charge is -2.16. The van der Waals surface area contributed by atoms with Crippen LogP contribution in [0.5, 0.6) is 0 Å². The Morgan fingerprint density at radius 3 is 2.65 bits per heavy atom. The van der Waals surface area contributed by atoms with Crippen LogP contribution < -0.4 is 5.32 Å². The molecule has 0 aliphatic carbocycles. The van der Waals surface area contributed by atoms with Crippen molar-refractivity contribution >= 4 is 6.09 Å². The van der Waals surface area contributed by atoms with Crippen molar-refractivity contribution in [2.24, 2.45) is 0 Å². The Morgan fingerprint density at radius 1 is 1.23 bits per heavy atom. The van der Waals surface area contributed by atoms with Gasteiger partial charge >= 0.3 is 12.0 Å². The number of halogens is 2. The van der Waals surface area contributed by atoms with Gasteiger partial charge in [-0.25, -0.2) is 4.79 Å². The number of carbonyl (C=O) groups excluding carboxylic acids is 1. The van der Waals surface area contributed by atoms with E-state index in [0.29, 0.717) is 12.7 Å². The minimum absolute atomic E-state index is 0.0975. The van der Waals surface area contributed by atoms with E-state index in [1.165, 1.54) is 7.11 Å². The molecule has 0 aromatic heterocycles. The Labute approximate surface area is 151 Å². The van der Waals surface area contributed by atoms with Gasteiger partial charge in [0.1, 0.15) is 6.61 Å². The van der Waals surface area contributed by atoms with Crippen LogP contribution in [0.1, 0.15) is 5.56 Å². The topological polar surface area (TPSA) is 66.0 Å². The van der Waals surface area contributed by atoms with Crippen molar-refractivity contribution in [2.45, 2.75) is 12.5 Å². The molecule has 0 heterocycles. The van der Waals surface area contributed by atoms with Gasteiger partial charge in [0.2, 0.25) is 0 Å². The van der Waals surface area contributed by atoms with Crippen LogP contribution in [0.15, 0.2) is 54.8 Å². The van der Waals surface area contributed by atoms with Gasteiger partial charge in [0.15, 0.2) is 12.6 Å². The number of allylic oxidation sites excluding steroid dienone is 1. The average Bonchev–Trinajstić information content (AvgIpc) is 2.64. The molecular formula is C18H23F2NO5.